The van der Waals surface area contributed by atoms with Crippen molar-refractivity contribution in [3.8, 4) is 0 Å². The summed E-state index contributed by atoms with van der Waals surface area (Å²) in [5.74, 6) is -0.284. The molecule has 0 bridgehead atoms. The van der Waals surface area contributed by atoms with Gasteiger partial charge in [0.1, 0.15) is 0 Å². The van der Waals surface area contributed by atoms with Crippen molar-refractivity contribution in [3.05, 3.63) is 29.8 Å². The molecule has 0 unspecified atom stereocenters. The Hall–Kier alpha value is -1.40. The zero-order chi connectivity index (χ0) is 13.2. The lowest BCUT2D eigenvalue weighted by atomic mass is 10.2. The predicted molar refractivity (Wildman–Crippen MR) is 67.8 cm³/mol. The number of sulfonamides is 1. The molecule has 2 rings (SSSR count). The monoisotopic (exact) mass is 268 g/mol. The second kappa shape index (κ2) is 5.07. The van der Waals surface area contributed by atoms with Crippen molar-refractivity contribution < 1.29 is 13.2 Å². The van der Waals surface area contributed by atoms with Crippen LogP contribution in [0.15, 0.2) is 29.2 Å². The molecular formula is C12H16N2O3S. The lowest BCUT2D eigenvalue weighted by molar-refractivity contribution is 0.0963. The molecule has 1 aromatic carbocycles. The van der Waals surface area contributed by atoms with Crippen LogP contribution < -0.4 is 5.32 Å². The number of benzene rings is 1. The van der Waals surface area contributed by atoms with E-state index in [0.717, 1.165) is 12.8 Å². The van der Waals surface area contributed by atoms with Crippen LogP contribution in [0.1, 0.15) is 23.2 Å². The average molecular weight is 268 g/mol. The first-order chi connectivity index (χ1) is 8.55. The van der Waals surface area contributed by atoms with Gasteiger partial charge in [-0.3, -0.25) is 4.79 Å². The number of carbonyl (C=O) groups excluding carboxylic acids is 1. The third kappa shape index (κ3) is 2.39. The van der Waals surface area contributed by atoms with Gasteiger partial charge in [0.15, 0.2) is 0 Å². The molecule has 6 heteroatoms. The molecular weight excluding hydrogens is 252 g/mol. The highest BCUT2D eigenvalue weighted by molar-refractivity contribution is 7.89. The fourth-order valence-electron chi connectivity index (χ4n) is 2.02. The van der Waals surface area contributed by atoms with E-state index in [9.17, 15) is 13.2 Å². The number of amides is 1. The quantitative estimate of drug-likeness (QED) is 0.883. The van der Waals surface area contributed by atoms with Crippen molar-refractivity contribution in [3.63, 3.8) is 0 Å². The normalized spacial score (nSPS) is 16.7. The van der Waals surface area contributed by atoms with E-state index < -0.39 is 10.0 Å². The Kier molecular flexibility index (Phi) is 3.68. The van der Waals surface area contributed by atoms with Gasteiger partial charge in [0.05, 0.1) is 4.90 Å². The number of hydrogen-bond acceptors (Lipinski definition) is 3. The minimum Gasteiger partial charge on any atom is -0.355 e. The van der Waals surface area contributed by atoms with Crippen LogP contribution in [0, 0.1) is 0 Å². The molecule has 1 saturated heterocycles. The van der Waals surface area contributed by atoms with Gasteiger partial charge in [-0.2, -0.15) is 4.31 Å². The Morgan fingerprint density at radius 2 is 1.94 bits per heavy atom. The summed E-state index contributed by atoms with van der Waals surface area (Å²) in [5, 5.41) is 2.48. The lowest BCUT2D eigenvalue weighted by Crippen LogP contribution is -2.28. The first-order valence-corrected chi connectivity index (χ1v) is 7.32. The molecule has 0 aliphatic carbocycles. The largest absolute Gasteiger partial charge is 0.355 e. The van der Waals surface area contributed by atoms with Gasteiger partial charge >= 0.3 is 0 Å². The van der Waals surface area contributed by atoms with E-state index in [1.807, 2.05) is 0 Å². The molecule has 18 heavy (non-hydrogen) atoms. The Morgan fingerprint density at radius 1 is 1.28 bits per heavy atom. The van der Waals surface area contributed by atoms with E-state index in [2.05, 4.69) is 5.32 Å². The molecule has 1 aliphatic rings. The second-order valence-corrected chi connectivity index (χ2v) is 6.16. The van der Waals surface area contributed by atoms with Gasteiger partial charge in [0.25, 0.3) is 5.91 Å². The summed E-state index contributed by atoms with van der Waals surface area (Å²) in [4.78, 5) is 11.7. The van der Waals surface area contributed by atoms with Crippen molar-refractivity contribution in [2.45, 2.75) is 17.7 Å². The summed E-state index contributed by atoms with van der Waals surface area (Å²) in [6, 6.07) is 6.14. The molecule has 5 nitrogen and oxygen atoms in total. The van der Waals surface area contributed by atoms with Crippen LogP contribution in [0.4, 0.5) is 0 Å². The average Bonchev–Trinajstić information content (AvgIpc) is 2.92. The minimum atomic E-state index is -3.45. The Morgan fingerprint density at radius 3 is 2.56 bits per heavy atom. The molecule has 0 atom stereocenters. The molecule has 1 heterocycles. The van der Waals surface area contributed by atoms with Gasteiger partial charge in [-0.05, 0) is 31.0 Å². The van der Waals surface area contributed by atoms with E-state index in [4.69, 9.17) is 0 Å². The van der Waals surface area contributed by atoms with Crippen molar-refractivity contribution in [1.29, 1.82) is 0 Å². The number of carbonyl (C=O) groups is 1. The van der Waals surface area contributed by atoms with Gasteiger partial charge in [-0.25, -0.2) is 8.42 Å². The van der Waals surface area contributed by atoms with Crippen molar-refractivity contribution in [2.75, 3.05) is 20.1 Å². The van der Waals surface area contributed by atoms with Crippen molar-refractivity contribution in [1.82, 2.24) is 9.62 Å². The molecule has 1 fully saturated rings. The number of rotatable bonds is 3. The van der Waals surface area contributed by atoms with Gasteiger partial charge in [-0.15, -0.1) is 0 Å². The molecule has 0 radical (unpaired) electrons. The van der Waals surface area contributed by atoms with Crippen LogP contribution in [0.2, 0.25) is 0 Å². The summed E-state index contributed by atoms with van der Waals surface area (Å²) in [5.41, 5.74) is 0.359. The molecule has 1 aliphatic heterocycles. The molecule has 98 valence electrons. The summed E-state index contributed by atoms with van der Waals surface area (Å²) in [7, 11) is -1.93. The Labute approximate surface area is 107 Å². The number of nitrogens with zero attached hydrogens (tertiary/aromatic N) is 1. The van der Waals surface area contributed by atoms with Crippen LogP contribution >= 0.6 is 0 Å². The smallest absolute Gasteiger partial charge is 0.251 e. The molecule has 1 aromatic rings. The Bertz CT molecular complexity index is 548. The van der Waals surface area contributed by atoms with E-state index in [1.165, 1.54) is 23.5 Å². The first-order valence-electron chi connectivity index (χ1n) is 5.88. The van der Waals surface area contributed by atoms with Crippen LogP contribution in [0.3, 0.4) is 0 Å². The van der Waals surface area contributed by atoms with E-state index >= 15 is 0 Å². The summed E-state index contributed by atoms with van der Waals surface area (Å²) in [6.07, 6.45) is 1.79. The molecule has 0 saturated carbocycles. The van der Waals surface area contributed by atoms with Gasteiger partial charge < -0.3 is 5.32 Å². The number of nitrogens with one attached hydrogen (secondary N) is 1. The van der Waals surface area contributed by atoms with E-state index in [-0.39, 0.29) is 10.8 Å². The van der Waals surface area contributed by atoms with Crippen LogP contribution in [0.25, 0.3) is 0 Å². The highest BCUT2D eigenvalue weighted by Crippen LogP contribution is 2.21. The topological polar surface area (TPSA) is 66.5 Å². The van der Waals surface area contributed by atoms with Crippen LogP contribution in [0.5, 0.6) is 0 Å². The third-order valence-electron chi connectivity index (χ3n) is 3.03. The maximum atomic E-state index is 12.3. The molecule has 1 N–H and O–H groups in total. The fraction of sp³-hybridized carbons (Fsp3) is 0.417. The second-order valence-electron chi connectivity index (χ2n) is 4.22. The summed E-state index contributed by atoms with van der Waals surface area (Å²) >= 11 is 0. The molecule has 0 aromatic heterocycles. The van der Waals surface area contributed by atoms with Gasteiger partial charge in [0, 0.05) is 25.7 Å². The zero-order valence-corrected chi connectivity index (χ0v) is 11.0. The van der Waals surface area contributed by atoms with Crippen molar-refractivity contribution >= 4 is 15.9 Å². The van der Waals surface area contributed by atoms with E-state index in [1.54, 1.807) is 12.1 Å². The molecule has 0 spiro atoms. The van der Waals surface area contributed by atoms with Gasteiger partial charge in [0.2, 0.25) is 10.0 Å². The third-order valence-corrected chi connectivity index (χ3v) is 4.92. The SMILES string of the molecule is CNC(=O)c1cccc(S(=O)(=O)N2CCCC2)c1. The maximum absolute atomic E-state index is 12.3. The van der Waals surface area contributed by atoms with Gasteiger partial charge in [-0.1, -0.05) is 6.07 Å². The number of hydrogen-bond donors (Lipinski definition) is 1. The lowest BCUT2D eigenvalue weighted by Gasteiger charge is -2.15. The highest BCUT2D eigenvalue weighted by atomic mass is 32.2. The van der Waals surface area contributed by atoms with Crippen LogP contribution in [-0.2, 0) is 10.0 Å². The summed E-state index contributed by atoms with van der Waals surface area (Å²) in [6.45, 7) is 1.12. The Balaban J connectivity index is 2.35. The first kappa shape index (κ1) is 13.0. The maximum Gasteiger partial charge on any atom is 0.251 e. The fourth-order valence-corrected chi connectivity index (χ4v) is 3.58. The summed E-state index contributed by atoms with van der Waals surface area (Å²) < 4.78 is 26.1. The van der Waals surface area contributed by atoms with Crippen LogP contribution in [-0.4, -0.2) is 38.8 Å². The molecule has 1 amide bonds. The minimum absolute atomic E-state index is 0.186. The van der Waals surface area contributed by atoms with E-state index in [0.29, 0.717) is 18.7 Å². The zero-order valence-electron chi connectivity index (χ0n) is 10.2. The predicted octanol–water partition coefficient (Wildman–Crippen LogP) is 0.831. The standard InChI is InChI=1S/C12H16N2O3S/c1-13-12(15)10-5-4-6-11(9-10)18(16,17)14-7-2-3-8-14/h4-6,9H,2-3,7-8H2,1H3,(H,13,15). The van der Waals surface area contributed by atoms with Crippen molar-refractivity contribution in [2.24, 2.45) is 0 Å². The highest BCUT2D eigenvalue weighted by Gasteiger charge is 2.27.